The van der Waals surface area contributed by atoms with Crippen molar-refractivity contribution in [1.29, 1.82) is 0 Å². The maximum atomic E-state index is 12.4. The Morgan fingerprint density at radius 2 is 1.74 bits per heavy atom. The fourth-order valence-electron chi connectivity index (χ4n) is 4.17. The summed E-state index contributed by atoms with van der Waals surface area (Å²) in [5.74, 6) is -0.0103. The molecule has 0 bridgehead atoms. The molecule has 0 fully saturated rings. The van der Waals surface area contributed by atoms with Crippen molar-refractivity contribution in [2.75, 3.05) is 6.54 Å². The molecule has 0 saturated carbocycles. The van der Waals surface area contributed by atoms with Gasteiger partial charge in [0.05, 0.1) is 5.56 Å². The molecule has 6 heteroatoms. The van der Waals surface area contributed by atoms with Crippen LogP contribution >= 0.6 is 0 Å². The van der Waals surface area contributed by atoms with Crippen LogP contribution in [-0.2, 0) is 17.7 Å². The molecule has 1 aliphatic rings. The van der Waals surface area contributed by atoms with Gasteiger partial charge in [0.25, 0.3) is 0 Å². The first-order valence-corrected chi connectivity index (χ1v) is 10.2. The van der Waals surface area contributed by atoms with E-state index in [9.17, 15) is 15.0 Å². The number of H-pyrrole nitrogens is 1. The molecule has 5 rings (SSSR count). The van der Waals surface area contributed by atoms with Crippen molar-refractivity contribution in [2.24, 2.45) is 0 Å². The lowest BCUT2D eigenvalue weighted by atomic mass is 9.96. The van der Waals surface area contributed by atoms with Crippen molar-refractivity contribution in [1.82, 2.24) is 10.3 Å². The number of aromatic hydroxyl groups is 2. The summed E-state index contributed by atoms with van der Waals surface area (Å²) < 4.78 is 5.75. The monoisotopic (exact) mass is 414 g/mol. The molecule has 0 spiro atoms. The second-order valence-electron chi connectivity index (χ2n) is 7.71. The number of nitrogens with one attached hydrogen (secondary N) is 2. The van der Waals surface area contributed by atoms with Gasteiger partial charge in [-0.1, -0.05) is 30.3 Å². The number of hydrogen-bond acceptors (Lipinski definition) is 5. The van der Waals surface area contributed by atoms with Crippen LogP contribution in [0.3, 0.4) is 0 Å². The molecule has 0 amide bonds. The third-order valence-electron chi connectivity index (χ3n) is 5.68. The second kappa shape index (κ2) is 7.81. The van der Waals surface area contributed by atoms with Gasteiger partial charge in [-0.05, 0) is 54.9 Å². The zero-order valence-corrected chi connectivity index (χ0v) is 16.8. The zero-order chi connectivity index (χ0) is 21.4. The van der Waals surface area contributed by atoms with Crippen molar-refractivity contribution >= 4 is 16.9 Å². The highest BCUT2D eigenvalue weighted by atomic mass is 16.5. The van der Waals surface area contributed by atoms with E-state index in [0.717, 1.165) is 40.7 Å². The van der Waals surface area contributed by atoms with Crippen LogP contribution in [0.2, 0.25) is 0 Å². The van der Waals surface area contributed by atoms with Crippen LogP contribution in [-0.4, -0.2) is 27.7 Å². The fourth-order valence-corrected chi connectivity index (χ4v) is 4.17. The van der Waals surface area contributed by atoms with Gasteiger partial charge < -0.3 is 25.3 Å². The molecular weight excluding hydrogens is 392 g/mol. The van der Waals surface area contributed by atoms with Crippen LogP contribution in [0.5, 0.6) is 11.5 Å². The Labute approximate surface area is 179 Å². The Morgan fingerprint density at radius 3 is 2.58 bits per heavy atom. The maximum absolute atomic E-state index is 12.4. The summed E-state index contributed by atoms with van der Waals surface area (Å²) in [6.07, 6.45) is 0.255. The first kappa shape index (κ1) is 19.2. The van der Waals surface area contributed by atoms with Crippen LogP contribution in [0.1, 0.15) is 38.8 Å². The van der Waals surface area contributed by atoms with Crippen molar-refractivity contribution in [3.8, 4) is 11.5 Å². The number of benzene rings is 3. The summed E-state index contributed by atoms with van der Waals surface area (Å²) in [7, 11) is 0. The molecule has 31 heavy (non-hydrogen) atoms. The lowest BCUT2D eigenvalue weighted by molar-refractivity contribution is 0.0456. The Balaban J connectivity index is 1.42. The van der Waals surface area contributed by atoms with Gasteiger partial charge in [-0.15, -0.1) is 0 Å². The average Bonchev–Trinajstić information content (AvgIpc) is 3.29. The third kappa shape index (κ3) is 3.62. The average molecular weight is 414 g/mol. The second-order valence-corrected chi connectivity index (χ2v) is 7.71. The first-order chi connectivity index (χ1) is 15.1. The molecular formula is C25H22N2O4. The van der Waals surface area contributed by atoms with Gasteiger partial charge in [-0.25, -0.2) is 4.79 Å². The van der Waals surface area contributed by atoms with E-state index >= 15 is 0 Å². The SMILES string of the molecule is O=C1OC(c2c(CNCCc3ccc(O)cc3)[nH]c3ccccc23)c2cc(O)ccc21. The highest BCUT2D eigenvalue weighted by Crippen LogP contribution is 2.41. The molecule has 1 aliphatic heterocycles. The lowest BCUT2D eigenvalue weighted by Crippen LogP contribution is -2.18. The van der Waals surface area contributed by atoms with Gasteiger partial charge in [-0.2, -0.15) is 0 Å². The number of phenols is 2. The van der Waals surface area contributed by atoms with E-state index in [-0.39, 0.29) is 17.5 Å². The number of aromatic amines is 1. The van der Waals surface area contributed by atoms with E-state index in [4.69, 9.17) is 4.74 Å². The van der Waals surface area contributed by atoms with Crippen molar-refractivity contribution in [2.45, 2.75) is 19.1 Å². The number of hydrogen-bond donors (Lipinski definition) is 4. The summed E-state index contributed by atoms with van der Waals surface area (Å²) in [4.78, 5) is 15.9. The molecule has 1 atom stereocenters. The van der Waals surface area contributed by atoms with Crippen molar-refractivity contribution in [3.05, 3.63) is 94.7 Å². The van der Waals surface area contributed by atoms with Gasteiger partial charge in [0.15, 0.2) is 6.10 Å². The molecule has 3 aromatic carbocycles. The number of esters is 1. The van der Waals surface area contributed by atoms with E-state index in [0.29, 0.717) is 17.7 Å². The third-order valence-corrected chi connectivity index (χ3v) is 5.68. The summed E-state index contributed by atoms with van der Waals surface area (Å²) in [6, 6.07) is 19.8. The number of carbonyl (C=O) groups is 1. The maximum Gasteiger partial charge on any atom is 0.339 e. The van der Waals surface area contributed by atoms with Gasteiger partial charge in [-0.3, -0.25) is 0 Å². The van der Waals surface area contributed by atoms with Gasteiger partial charge in [0.1, 0.15) is 11.5 Å². The number of carbonyl (C=O) groups excluding carboxylic acids is 1. The number of aromatic nitrogens is 1. The quantitative estimate of drug-likeness (QED) is 0.281. The van der Waals surface area contributed by atoms with Gasteiger partial charge >= 0.3 is 5.97 Å². The predicted octanol–water partition coefficient (Wildman–Crippen LogP) is 4.17. The first-order valence-electron chi connectivity index (χ1n) is 10.2. The van der Waals surface area contributed by atoms with Crippen LogP contribution in [0.15, 0.2) is 66.7 Å². The van der Waals surface area contributed by atoms with Crippen LogP contribution in [0, 0.1) is 0 Å². The number of cyclic esters (lactones) is 1. The van der Waals surface area contributed by atoms with E-state index in [1.54, 1.807) is 24.3 Å². The van der Waals surface area contributed by atoms with Crippen LogP contribution < -0.4 is 5.32 Å². The molecule has 0 radical (unpaired) electrons. The summed E-state index contributed by atoms with van der Waals surface area (Å²) >= 11 is 0. The molecule has 1 unspecified atom stereocenters. The number of ether oxygens (including phenoxy) is 1. The Morgan fingerprint density at radius 1 is 0.968 bits per heavy atom. The lowest BCUT2D eigenvalue weighted by Gasteiger charge is -2.14. The van der Waals surface area contributed by atoms with Crippen LogP contribution in [0.25, 0.3) is 10.9 Å². The number of rotatable bonds is 6. The number of phenolic OH excluding ortho intramolecular Hbond substituents is 2. The summed E-state index contributed by atoms with van der Waals surface area (Å²) in [5, 5.41) is 23.8. The molecule has 6 nitrogen and oxygen atoms in total. The minimum Gasteiger partial charge on any atom is -0.508 e. The molecule has 4 aromatic rings. The highest BCUT2D eigenvalue weighted by Gasteiger charge is 2.35. The molecule has 0 aliphatic carbocycles. The topological polar surface area (TPSA) is 94.6 Å². The molecule has 4 N–H and O–H groups in total. The van der Waals surface area contributed by atoms with E-state index < -0.39 is 6.10 Å². The molecule has 2 heterocycles. The Bertz CT molecular complexity index is 1260. The van der Waals surface area contributed by atoms with E-state index in [1.807, 2.05) is 36.4 Å². The molecule has 1 aromatic heterocycles. The summed E-state index contributed by atoms with van der Waals surface area (Å²) in [5.41, 5.74) is 5.12. The highest BCUT2D eigenvalue weighted by molar-refractivity contribution is 5.96. The molecule has 0 saturated heterocycles. The minimum absolute atomic E-state index is 0.107. The van der Waals surface area contributed by atoms with Gasteiger partial charge in [0, 0.05) is 34.3 Å². The fraction of sp³-hybridized carbons (Fsp3) is 0.160. The predicted molar refractivity (Wildman–Crippen MR) is 117 cm³/mol. The van der Waals surface area contributed by atoms with E-state index in [2.05, 4.69) is 10.3 Å². The standard InChI is InChI=1S/C25H22N2O4/c28-16-7-5-15(6-8-16)11-12-26-14-22-23(19-3-1-2-4-21(19)27-22)24-20-13-17(29)9-10-18(20)25(30)31-24/h1-10,13,24,26-29H,11-12,14H2. The smallest absolute Gasteiger partial charge is 0.339 e. The summed E-state index contributed by atoms with van der Waals surface area (Å²) in [6.45, 7) is 1.33. The largest absolute Gasteiger partial charge is 0.508 e. The zero-order valence-electron chi connectivity index (χ0n) is 16.8. The van der Waals surface area contributed by atoms with E-state index in [1.165, 1.54) is 6.07 Å². The Kier molecular flexibility index (Phi) is 4.84. The van der Waals surface area contributed by atoms with Crippen molar-refractivity contribution in [3.63, 3.8) is 0 Å². The minimum atomic E-state index is -0.570. The number of fused-ring (bicyclic) bond motifs is 2. The number of para-hydroxylation sites is 1. The Hall–Kier alpha value is -3.77. The molecule has 156 valence electrons. The normalized spacial score (nSPS) is 15.2. The van der Waals surface area contributed by atoms with Gasteiger partial charge in [0.2, 0.25) is 0 Å². The van der Waals surface area contributed by atoms with Crippen LogP contribution in [0.4, 0.5) is 0 Å². The van der Waals surface area contributed by atoms with Crippen molar-refractivity contribution < 1.29 is 19.7 Å².